The van der Waals surface area contributed by atoms with Crippen LogP contribution in [-0.2, 0) is 9.53 Å². The number of rotatable bonds is 31. The standard InChI is InChI=1S/C40H79NO2/c1-5-8-11-13-17-21-25-30-39(43-40(42)36-38-32-34-41(4)35-33-38)31-26-22-19-16-14-15-18-20-24-29-37(27-10-7-3)28-23-12-9-6-2/h37-39H,5-36H2,1-4H3. The highest BCUT2D eigenvalue weighted by molar-refractivity contribution is 5.69. The highest BCUT2D eigenvalue weighted by atomic mass is 16.5. The molecule has 0 bridgehead atoms. The first kappa shape index (κ1) is 40.5. The van der Waals surface area contributed by atoms with Gasteiger partial charge in [0.05, 0.1) is 0 Å². The Balaban J connectivity index is 2.17. The molecule has 0 saturated carbocycles. The van der Waals surface area contributed by atoms with Crippen LogP contribution >= 0.6 is 0 Å². The highest BCUT2D eigenvalue weighted by Crippen LogP contribution is 2.25. The predicted molar refractivity (Wildman–Crippen MR) is 190 cm³/mol. The Morgan fingerprint density at radius 3 is 1.40 bits per heavy atom. The van der Waals surface area contributed by atoms with Gasteiger partial charge in [-0.1, -0.05) is 168 Å². The monoisotopic (exact) mass is 606 g/mol. The van der Waals surface area contributed by atoms with E-state index in [0.717, 1.165) is 44.7 Å². The summed E-state index contributed by atoms with van der Waals surface area (Å²) < 4.78 is 6.13. The average molecular weight is 606 g/mol. The number of nitrogens with zero attached hydrogens (tertiary/aromatic N) is 1. The summed E-state index contributed by atoms with van der Waals surface area (Å²) in [5.74, 6) is 1.61. The molecule has 0 spiro atoms. The topological polar surface area (TPSA) is 29.5 Å². The van der Waals surface area contributed by atoms with E-state index in [0.29, 0.717) is 12.3 Å². The summed E-state index contributed by atoms with van der Waals surface area (Å²) in [6.07, 6.45) is 39.9. The smallest absolute Gasteiger partial charge is 0.306 e. The molecule has 1 aliphatic rings. The molecule has 1 fully saturated rings. The quantitative estimate of drug-likeness (QED) is 0.0581. The first-order chi connectivity index (χ1) is 21.1. The molecule has 0 aromatic carbocycles. The third kappa shape index (κ3) is 25.3. The molecule has 1 rings (SSSR count). The van der Waals surface area contributed by atoms with Crippen LogP contribution in [0, 0.1) is 11.8 Å². The second-order valence-electron chi connectivity index (χ2n) is 14.6. The molecule has 0 amide bonds. The van der Waals surface area contributed by atoms with E-state index in [4.69, 9.17) is 4.74 Å². The zero-order chi connectivity index (χ0) is 31.2. The van der Waals surface area contributed by atoms with Crippen molar-refractivity contribution in [1.82, 2.24) is 4.90 Å². The van der Waals surface area contributed by atoms with Crippen LogP contribution in [0.15, 0.2) is 0 Å². The average Bonchev–Trinajstić information content (AvgIpc) is 3.00. The Morgan fingerprint density at radius 1 is 0.558 bits per heavy atom. The van der Waals surface area contributed by atoms with Gasteiger partial charge in [-0.05, 0) is 70.5 Å². The summed E-state index contributed by atoms with van der Waals surface area (Å²) in [6, 6.07) is 0. The number of ether oxygens (including phenoxy) is 1. The first-order valence-corrected chi connectivity index (χ1v) is 20.0. The van der Waals surface area contributed by atoms with E-state index in [9.17, 15) is 4.79 Å². The third-order valence-electron chi connectivity index (χ3n) is 10.3. The molecule has 3 heteroatoms. The molecule has 0 radical (unpaired) electrons. The molecule has 1 saturated heterocycles. The van der Waals surface area contributed by atoms with E-state index in [1.165, 1.54) is 161 Å². The van der Waals surface area contributed by atoms with Crippen molar-refractivity contribution < 1.29 is 9.53 Å². The summed E-state index contributed by atoms with van der Waals surface area (Å²) in [4.78, 5) is 15.2. The van der Waals surface area contributed by atoms with Crippen molar-refractivity contribution in [2.45, 2.75) is 219 Å². The molecule has 1 aliphatic heterocycles. The van der Waals surface area contributed by atoms with Crippen molar-refractivity contribution in [1.29, 1.82) is 0 Å². The lowest BCUT2D eigenvalue weighted by Gasteiger charge is -2.28. The van der Waals surface area contributed by atoms with Crippen molar-refractivity contribution in [2.75, 3.05) is 20.1 Å². The van der Waals surface area contributed by atoms with Crippen LogP contribution in [0.25, 0.3) is 0 Å². The molecular formula is C40H79NO2. The van der Waals surface area contributed by atoms with Gasteiger partial charge in [0.2, 0.25) is 0 Å². The van der Waals surface area contributed by atoms with Gasteiger partial charge in [0.1, 0.15) is 6.10 Å². The van der Waals surface area contributed by atoms with Crippen LogP contribution in [0.4, 0.5) is 0 Å². The van der Waals surface area contributed by atoms with Crippen LogP contribution in [0.1, 0.15) is 213 Å². The number of piperidine rings is 1. The van der Waals surface area contributed by atoms with Gasteiger partial charge in [-0.25, -0.2) is 0 Å². The minimum atomic E-state index is 0.0793. The number of hydrogen-bond donors (Lipinski definition) is 0. The van der Waals surface area contributed by atoms with E-state index < -0.39 is 0 Å². The van der Waals surface area contributed by atoms with Crippen LogP contribution in [0.2, 0.25) is 0 Å². The molecule has 256 valence electrons. The third-order valence-corrected chi connectivity index (χ3v) is 10.3. The van der Waals surface area contributed by atoms with Crippen LogP contribution < -0.4 is 0 Å². The van der Waals surface area contributed by atoms with Gasteiger partial charge in [-0.2, -0.15) is 0 Å². The summed E-state index contributed by atoms with van der Waals surface area (Å²) in [6.45, 7) is 9.19. The summed E-state index contributed by atoms with van der Waals surface area (Å²) >= 11 is 0. The van der Waals surface area contributed by atoms with E-state index in [1.54, 1.807) is 0 Å². The maximum Gasteiger partial charge on any atom is 0.306 e. The molecule has 0 N–H and O–H groups in total. The lowest BCUT2D eigenvalue weighted by atomic mass is 9.90. The van der Waals surface area contributed by atoms with Crippen molar-refractivity contribution in [3.8, 4) is 0 Å². The first-order valence-electron chi connectivity index (χ1n) is 20.0. The molecule has 2 unspecified atom stereocenters. The zero-order valence-electron chi connectivity index (χ0n) is 30.1. The number of unbranched alkanes of at least 4 members (excludes halogenated alkanes) is 18. The zero-order valence-corrected chi connectivity index (χ0v) is 30.1. The van der Waals surface area contributed by atoms with Gasteiger partial charge in [-0.3, -0.25) is 4.79 Å². The summed E-state index contributed by atoms with van der Waals surface area (Å²) in [5.41, 5.74) is 0. The van der Waals surface area contributed by atoms with Crippen molar-refractivity contribution in [3.63, 3.8) is 0 Å². The van der Waals surface area contributed by atoms with E-state index in [1.807, 2.05) is 0 Å². The summed E-state index contributed by atoms with van der Waals surface area (Å²) in [5, 5.41) is 0. The molecule has 3 nitrogen and oxygen atoms in total. The molecule has 43 heavy (non-hydrogen) atoms. The van der Waals surface area contributed by atoms with Gasteiger partial charge in [0, 0.05) is 6.42 Å². The number of likely N-dealkylation sites (tertiary alicyclic amines) is 1. The van der Waals surface area contributed by atoms with Crippen LogP contribution in [-0.4, -0.2) is 37.1 Å². The fourth-order valence-electron chi connectivity index (χ4n) is 7.16. The van der Waals surface area contributed by atoms with Gasteiger partial charge in [0.25, 0.3) is 0 Å². The van der Waals surface area contributed by atoms with E-state index in [2.05, 4.69) is 32.7 Å². The van der Waals surface area contributed by atoms with E-state index in [-0.39, 0.29) is 12.1 Å². The molecule has 2 atom stereocenters. The second-order valence-corrected chi connectivity index (χ2v) is 14.6. The van der Waals surface area contributed by atoms with Gasteiger partial charge < -0.3 is 9.64 Å². The Kier molecular flexibility index (Phi) is 28.3. The Morgan fingerprint density at radius 2 is 0.930 bits per heavy atom. The fourth-order valence-corrected chi connectivity index (χ4v) is 7.16. The lowest BCUT2D eigenvalue weighted by Crippen LogP contribution is -2.31. The predicted octanol–water partition coefficient (Wildman–Crippen LogP) is 12.8. The lowest BCUT2D eigenvalue weighted by molar-refractivity contribution is -0.151. The molecular weight excluding hydrogens is 526 g/mol. The van der Waals surface area contributed by atoms with Crippen LogP contribution in [0.5, 0.6) is 0 Å². The highest BCUT2D eigenvalue weighted by Gasteiger charge is 2.22. The number of esters is 1. The largest absolute Gasteiger partial charge is 0.462 e. The van der Waals surface area contributed by atoms with Crippen molar-refractivity contribution in [3.05, 3.63) is 0 Å². The molecule has 0 aromatic heterocycles. The fraction of sp³-hybridized carbons (Fsp3) is 0.975. The number of hydrogen-bond acceptors (Lipinski definition) is 3. The van der Waals surface area contributed by atoms with Crippen molar-refractivity contribution in [2.24, 2.45) is 11.8 Å². The molecule has 0 aliphatic carbocycles. The number of carbonyl (C=O) groups excluding carboxylic acids is 1. The number of carbonyl (C=O) groups is 1. The van der Waals surface area contributed by atoms with Gasteiger partial charge in [-0.15, -0.1) is 0 Å². The van der Waals surface area contributed by atoms with E-state index >= 15 is 0 Å². The van der Waals surface area contributed by atoms with Gasteiger partial charge >= 0.3 is 5.97 Å². The normalized spacial score (nSPS) is 16.0. The minimum absolute atomic E-state index is 0.0793. The van der Waals surface area contributed by atoms with Crippen molar-refractivity contribution >= 4 is 5.97 Å². The maximum atomic E-state index is 12.8. The molecule has 1 heterocycles. The second kappa shape index (κ2) is 30.1. The Labute approximate surface area is 271 Å². The van der Waals surface area contributed by atoms with Crippen LogP contribution in [0.3, 0.4) is 0 Å². The Bertz CT molecular complexity index is 585. The maximum absolute atomic E-state index is 12.8. The Hall–Kier alpha value is -0.570. The van der Waals surface area contributed by atoms with Gasteiger partial charge in [0.15, 0.2) is 0 Å². The SMILES string of the molecule is CCCCCCCCCC(CCCCCCCCCCCC(CCCC)CCCCCC)OC(=O)CC1CCN(C)CC1. The summed E-state index contributed by atoms with van der Waals surface area (Å²) in [7, 11) is 2.19. The molecule has 0 aromatic rings. The minimum Gasteiger partial charge on any atom is -0.462 e.